The summed E-state index contributed by atoms with van der Waals surface area (Å²) >= 11 is 0. The van der Waals surface area contributed by atoms with Crippen molar-refractivity contribution < 1.29 is 8.78 Å². The van der Waals surface area contributed by atoms with Crippen LogP contribution in [0.5, 0.6) is 0 Å². The molecule has 3 nitrogen and oxygen atoms in total. The number of hydrogen-bond acceptors (Lipinski definition) is 3. The molecular formula is C14H21F2N3. The van der Waals surface area contributed by atoms with E-state index >= 15 is 0 Å². The van der Waals surface area contributed by atoms with E-state index in [-0.39, 0.29) is 11.6 Å². The van der Waals surface area contributed by atoms with Crippen LogP contribution in [0.15, 0.2) is 24.3 Å². The Morgan fingerprint density at radius 1 is 1.16 bits per heavy atom. The molecule has 19 heavy (non-hydrogen) atoms. The first-order valence-electron chi connectivity index (χ1n) is 6.80. The van der Waals surface area contributed by atoms with Crippen LogP contribution in [0.25, 0.3) is 0 Å². The Hall–Kier alpha value is -1.04. The Bertz CT molecular complexity index is 392. The quantitative estimate of drug-likeness (QED) is 0.863. The summed E-state index contributed by atoms with van der Waals surface area (Å²) in [5.74, 6) is 0. The zero-order chi connectivity index (χ0) is 13.7. The van der Waals surface area contributed by atoms with Gasteiger partial charge in [-0.25, -0.2) is 19.2 Å². The highest BCUT2D eigenvalue weighted by molar-refractivity contribution is 5.27. The number of benzene rings is 1. The highest BCUT2D eigenvalue weighted by Crippen LogP contribution is 2.22. The predicted octanol–water partition coefficient (Wildman–Crippen LogP) is 2.61. The summed E-state index contributed by atoms with van der Waals surface area (Å²) in [7, 11) is 0. The van der Waals surface area contributed by atoms with Crippen LogP contribution >= 0.6 is 0 Å². The molecule has 106 valence electrons. The zero-order valence-electron chi connectivity index (χ0n) is 11.0. The Kier molecular flexibility index (Phi) is 5.24. The fourth-order valence-electron chi connectivity index (χ4n) is 2.42. The van der Waals surface area contributed by atoms with Crippen molar-refractivity contribution in [2.45, 2.75) is 31.7 Å². The van der Waals surface area contributed by atoms with Crippen molar-refractivity contribution in [1.82, 2.24) is 10.4 Å². The molecule has 0 aromatic heterocycles. The van der Waals surface area contributed by atoms with Gasteiger partial charge in [0.25, 0.3) is 6.43 Å². The molecule has 1 atom stereocenters. The fraction of sp³-hybridized carbons (Fsp3) is 0.571. The summed E-state index contributed by atoms with van der Waals surface area (Å²) in [5, 5.41) is 2.15. The van der Waals surface area contributed by atoms with Crippen LogP contribution in [0.3, 0.4) is 0 Å². The lowest BCUT2D eigenvalue weighted by atomic mass is 10.0. The number of nitrogens with one attached hydrogen (secondary N) is 1. The summed E-state index contributed by atoms with van der Waals surface area (Å²) in [5.41, 5.74) is 10.0. The normalized spacial score (nSPS) is 18.7. The molecule has 0 aliphatic carbocycles. The lowest BCUT2D eigenvalue weighted by Crippen LogP contribution is -2.45. The average molecular weight is 269 g/mol. The van der Waals surface area contributed by atoms with Crippen molar-refractivity contribution in [2.24, 2.45) is 5.73 Å². The molecule has 1 aromatic rings. The molecule has 0 bridgehead atoms. The summed E-state index contributed by atoms with van der Waals surface area (Å²) in [6, 6.07) is 6.40. The molecule has 1 aromatic carbocycles. The maximum Gasteiger partial charge on any atom is 0.263 e. The second-order valence-electron chi connectivity index (χ2n) is 4.94. The van der Waals surface area contributed by atoms with Crippen LogP contribution < -0.4 is 11.2 Å². The van der Waals surface area contributed by atoms with Crippen LogP contribution in [0.4, 0.5) is 8.78 Å². The number of piperidine rings is 1. The van der Waals surface area contributed by atoms with Crippen LogP contribution in [-0.4, -0.2) is 24.6 Å². The Morgan fingerprint density at radius 2 is 1.84 bits per heavy atom. The molecule has 0 radical (unpaired) electrons. The van der Waals surface area contributed by atoms with E-state index in [2.05, 4.69) is 10.4 Å². The topological polar surface area (TPSA) is 41.3 Å². The predicted molar refractivity (Wildman–Crippen MR) is 71.8 cm³/mol. The van der Waals surface area contributed by atoms with Crippen molar-refractivity contribution in [2.75, 3.05) is 19.6 Å². The van der Waals surface area contributed by atoms with Gasteiger partial charge in [-0.1, -0.05) is 24.6 Å². The third-order valence-corrected chi connectivity index (χ3v) is 3.50. The van der Waals surface area contributed by atoms with Gasteiger partial charge >= 0.3 is 0 Å². The molecule has 1 heterocycles. The van der Waals surface area contributed by atoms with Gasteiger partial charge in [0.15, 0.2) is 0 Å². The first-order chi connectivity index (χ1) is 9.20. The van der Waals surface area contributed by atoms with Gasteiger partial charge in [0.05, 0.1) is 6.04 Å². The number of nitrogens with zero attached hydrogens (tertiary/aromatic N) is 1. The Balaban J connectivity index is 2.05. The van der Waals surface area contributed by atoms with Crippen LogP contribution in [0.2, 0.25) is 0 Å². The highest BCUT2D eigenvalue weighted by Gasteiger charge is 2.17. The summed E-state index contributed by atoms with van der Waals surface area (Å²) in [6.07, 6.45) is 1.16. The van der Waals surface area contributed by atoms with Gasteiger partial charge in [-0.05, 0) is 24.5 Å². The summed E-state index contributed by atoms with van der Waals surface area (Å²) in [6.45, 7) is 2.37. The molecule has 0 saturated carbocycles. The molecule has 5 heteroatoms. The van der Waals surface area contributed by atoms with Gasteiger partial charge < -0.3 is 5.73 Å². The van der Waals surface area contributed by atoms with Crippen molar-refractivity contribution in [3.05, 3.63) is 35.4 Å². The van der Waals surface area contributed by atoms with Gasteiger partial charge in [0.1, 0.15) is 0 Å². The minimum Gasteiger partial charge on any atom is -0.329 e. The lowest BCUT2D eigenvalue weighted by Gasteiger charge is -2.31. The smallest absolute Gasteiger partial charge is 0.263 e. The van der Waals surface area contributed by atoms with E-state index in [0.717, 1.165) is 18.7 Å². The maximum atomic E-state index is 12.7. The van der Waals surface area contributed by atoms with Gasteiger partial charge in [-0.2, -0.15) is 0 Å². The van der Waals surface area contributed by atoms with Crippen molar-refractivity contribution in [3.63, 3.8) is 0 Å². The number of rotatable bonds is 5. The van der Waals surface area contributed by atoms with E-state index < -0.39 is 6.43 Å². The molecule has 0 spiro atoms. The third-order valence-electron chi connectivity index (χ3n) is 3.50. The minimum absolute atomic E-state index is 0.0522. The average Bonchev–Trinajstić information content (AvgIpc) is 2.46. The monoisotopic (exact) mass is 269 g/mol. The number of nitrogens with two attached hydrogens (primary N) is 1. The lowest BCUT2D eigenvalue weighted by molar-refractivity contribution is 0.129. The van der Waals surface area contributed by atoms with Gasteiger partial charge in [0.2, 0.25) is 0 Å². The minimum atomic E-state index is -2.44. The Labute approximate surface area is 112 Å². The standard InChI is InChI=1S/C14H21F2N3/c15-14(16)12-6-4-5-11(9-12)13(10-17)18-19-7-2-1-3-8-19/h4-6,9,13-14,18H,1-3,7-8,10,17H2. The molecule has 1 saturated heterocycles. The Morgan fingerprint density at radius 3 is 2.47 bits per heavy atom. The van der Waals surface area contributed by atoms with E-state index in [1.54, 1.807) is 12.1 Å². The maximum absolute atomic E-state index is 12.7. The molecule has 2 rings (SSSR count). The van der Waals surface area contributed by atoms with Crippen LogP contribution in [0, 0.1) is 0 Å². The fourth-order valence-corrected chi connectivity index (χ4v) is 2.42. The molecule has 1 aliphatic heterocycles. The number of hydrogen-bond donors (Lipinski definition) is 2. The molecule has 1 unspecified atom stereocenters. The van der Waals surface area contributed by atoms with Crippen molar-refractivity contribution >= 4 is 0 Å². The van der Waals surface area contributed by atoms with E-state index in [4.69, 9.17) is 5.73 Å². The molecule has 3 N–H and O–H groups in total. The summed E-state index contributed by atoms with van der Waals surface area (Å²) < 4.78 is 25.4. The van der Waals surface area contributed by atoms with Gasteiger partial charge in [-0.15, -0.1) is 0 Å². The molecular weight excluding hydrogens is 248 g/mol. The highest BCUT2D eigenvalue weighted by atomic mass is 19.3. The van der Waals surface area contributed by atoms with E-state index in [1.807, 2.05) is 6.07 Å². The number of hydrazine groups is 1. The van der Waals surface area contributed by atoms with Gasteiger partial charge in [0, 0.05) is 25.2 Å². The first kappa shape index (κ1) is 14.4. The van der Waals surface area contributed by atoms with Crippen molar-refractivity contribution in [3.8, 4) is 0 Å². The van der Waals surface area contributed by atoms with Crippen LogP contribution in [0.1, 0.15) is 42.9 Å². The number of alkyl halides is 2. The summed E-state index contributed by atoms with van der Waals surface area (Å²) in [4.78, 5) is 0. The van der Waals surface area contributed by atoms with E-state index in [0.29, 0.717) is 6.54 Å². The molecule has 0 amide bonds. The first-order valence-corrected chi connectivity index (χ1v) is 6.80. The van der Waals surface area contributed by atoms with Crippen molar-refractivity contribution in [1.29, 1.82) is 0 Å². The van der Waals surface area contributed by atoms with Crippen LogP contribution in [-0.2, 0) is 0 Å². The van der Waals surface area contributed by atoms with Gasteiger partial charge in [-0.3, -0.25) is 0 Å². The van der Waals surface area contributed by atoms with E-state index in [9.17, 15) is 8.78 Å². The molecule has 1 fully saturated rings. The zero-order valence-corrected chi connectivity index (χ0v) is 11.0. The molecule has 1 aliphatic rings. The third kappa shape index (κ3) is 3.96. The largest absolute Gasteiger partial charge is 0.329 e. The number of halogens is 2. The second kappa shape index (κ2) is 6.93. The second-order valence-corrected chi connectivity index (χ2v) is 4.94. The van der Waals surface area contributed by atoms with E-state index in [1.165, 1.54) is 25.3 Å². The SMILES string of the molecule is NCC(NN1CCCCC1)c1cccc(C(F)F)c1.